The smallest absolute Gasteiger partial charge is 0.307 e. The first-order chi connectivity index (χ1) is 10.1. The predicted molar refractivity (Wildman–Crippen MR) is 74.2 cm³/mol. The van der Waals surface area contributed by atoms with Crippen molar-refractivity contribution in [2.24, 2.45) is 11.8 Å². The van der Waals surface area contributed by atoms with Crippen molar-refractivity contribution in [1.82, 2.24) is 0 Å². The molecule has 110 valence electrons. The maximum atomic E-state index is 12.3. The number of aliphatic carboxylic acids is 1. The number of ether oxygens (including phenoxy) is 2. The van der Waals surface area contributed by atoms with E-state index in [0.29, 0.717) is 30.0 Å². The fraction of sp³-hybridized carbons (Fsp3) is 0.333. The molecule has 1 heterocycles. The van der Waals surface area contributed by atoms with Crippen molar-refractivity contribution in [1.29, 1.82) is 0 Å². The molecule has 1 aliphatic heterocycles. The second-order valence-electron chi connectivity index (χ2n) is 5.05. The van der Waals surface area contributed by atoms with Gasteiger partial charge in [0.15, 0.2) is 11.5 Å². The number of hydrogen-bond donors (Lipinski definition) is 2. The molecule has 0 spiro atoms. The van der Waals surface area contributed by atoms with Crippen LogP contribution in [0.1, 0.15) is 12.8 Å². The molecule has 1 aromatic rings. The number of nitrogens with one attached hydrogen (secondary N) is 1. The summed E-state index contributed by atoms with van der Waals surface area (Å²) in [5, 5.41) is 12.0. The lowest BCUT2D eigenvalue weighted by atomic mass is 9.82. The number of anilines is 1. The van der Waals surface area contributed by atoms with Crippen molar-refractivity contribution in [3.8, 4) is 11.5 Å². The lowest BCUT2D eigenvalue weighted by Gasteiger charge is -2.24. The molecule has 6 nitrogen and oxygen atoms in total. The van der Waals surface area contributed by atoms with E-state index in [2.05, 4.69) is 5.32 Å². The Balaban J connectivity index is 1.73. The van der Waals surface area contributed by atoms with Crippen LogP contribution in [0.2, 0.25) is 0 Å². The van der Waals surface area contributed by atoms with E-state index in [4.69, 9.17) is 9.47 Å². The van der Waals surface area contributed by atoms with E-state index in [1.165, 1.54) is 0 Å². The van der Waals surface area contributed by atoms with Crippen LogP contribution in [0.5, 0.6) is 11.5 Å². The summed E-state index contributed by atoms with van der Waals surface area (Å²) in [7, 11) is 0. The van der Waals surface area contributed by atoms with E-state index in [1.54, 1.807) is 18.2 Å². The Morgan fingerprint density at radius 2 is 1.81 bits per heavy atom. The van der Waals surface area contributed by atoms with Gasteiger partial charge in [0.05, 0.1) is 11.8 Å². The van der Waals surface area contributed by atoms with Crippen molar-refractivity contribution >= 4 is 17.6 Å². The van der Waals surface area contributed by atoms with E-state index in [1.807, 2.05) is 12.2 Å². The minimum atomic E-state index is -0.940. The summed E-state index contributed by atoms with van der Waals surface area (Å²) >= 11 is 0. The fourth-order valence-electron chi connectivity index (χ4n) is 2.59. The molecule has 2 N–H and O–H groups in total. The van der Waals surface area contributed by atoms with Crippen molar-refractivity contribution in [3.63, 3.8) is 0 Å². The quantitative estimate of drug-likeness (QED) is 0.832. The molecular formula is C15H15NO5. The molecule has 21 heavy (non-hydrogen) atoms. The van der Waals surface area contributed by atoms with Gasteiger partial charge in [-0.15, -0.1) is 0 Å². The lowest BCUT2D eigenvalue weighted by molar-refractivity contribution is -0.146. The topological polar surface area (TPSA) is 84.9 Å². The average Bonchev–Trinajstić information content (AvgIpc) is 2.94. The fourth-order valence-corrected chi connectivity index (χ4v) is 2.59. The van der Waals surface area contributed by atoms with Crippen LogP contribution in [0.4, 0.5) is 5.69 Å². The third-order valence-corrected chi connectivity index (χ3v) is 3.73. The molecule has 0 unspecified atom stereocenters. The molecule has 2 atom stereocenters. The average molecular weight is 289 g/mol. The van der Waals surface area contributed by atoms with Gasteiger partial charge in [-0.2, -0.15) is 0 Å². The number of rotatable bonds is 3. The highest BCUT2D eigenvalue weighted by Gasteiger charge is 2.34. The van der Waals surface area contributed by atoms with Crippen LogP contribution in [0.3, 0.4) is 0 Å². The van der Waals surface area contributed by atoms with Crippen LogP contribution in [0.15, 0.2) is 30.4 Å². The number of fused-ring (bicyclic) bond motifs is 1. The Kier molecular flexibility index (Phi) is 3.51. The third-order valence-electron chi connectivity index (χ3n) is 3.73. The molecule has 1 amide bonds. The van der Waals surface area contributed by atoms with Gasteiger partial charge in [-0.05, 0) is 25.0 Å². The molecule has 1 aromatic carbocycles. The third kappa shape index (κ3) is 2.69. The lowest BCUT2D eigenvalue weighted by Crippen LogP contribution is -2.34. The monoisotopic (exact) mass is 289 g/mol. The Bertz CT molecular complexity index is 610. The maximum Gasteiger partial charge on any atom is 0.307 e. The molecule has 0 fully saturated rings. The highest BCUT2D eigenvalue weighted by molar-refractivity contribution is 5.95. The zero-order chi connectivity index (χ0) is 14.8. The van der Waals surface area contributed by atoms with Crippen molar-refractivity contribution in [2.75, 3.05) is 12.1 Å². The van der Waals surface area contributed by atoms with Gasteiger partial charge in [0.1, 0.15) is 0 Å². The number of hydrogen-bond acceptors (Lipinski definition) is 4. The molecule has 3 rings (SSSR count). The number of carbonyl (C=O) groups is 2. The molecular weight excluding hydrogens is 274 g/mol. The van der Waals surface area contributed by atoms with Gasteiger partial charge in [-0.25, -0.2) is 0 Å². The number of benzene rings is 1. The van der Waals surface area contributed by atoms with Gasteiger partial charge >= 0.3 is 5.97 Å². The first kappa shape index (κ1) is 13.5. The van der Waals surface area contributed by atoms with E-state index in [0.717, 1.165) is 0 Å². The number of carboxylic acids is 1. The first-order valence-corrected chi connectivity index (χ1v) is 6.73. The Hall–Kier alpha value is -2.50. The van der Waals surface area contributed by atoms with E-state index in [-0.39, 0.29) is 12.7 Å². The van der Waals surface area contributed by atoms with E-state index < -0.39 is 17.8 Å². The predicted octanol–water partition coefficient (Wildman–Crippen LogP) is 2.02. The van der Waals surface area contributed by atoms with E-state index >= 15 is 0 Å². The van der Waals surface area contributed by atoms with Crippen molar-refractivity contribution < 1.29 is 24.2 Å². The molecule has 1 aliphatic carbocycles. The SMILES string of the molecule is O=C(O)[C@@H]1CC=CC[C@H]1C(=O)Nc1ccc2c(c1)OCO2. The summed E-state index contributed by atoms with van der Waals surface area (Å²) in [5.41, 5.74) is 0.572. The normalized spacial score (nSPS) is 22.9. The molecule has 2 aliphatic rings. The van der Waals surface area contributed by atoms with Gasteiger partial charge in [0.2, 0.25) is 12.7 Å². The summed E-state index contributed by atoms with van der Waals surface area (Å²) in [6, 6.07) is 5.10. The number of amides is 1. The summed E-state index contributed by atoms with van der Waals surface area (Å²) < 4.78 is 10.4. The van der Waals surface area contributed by atoms with Crippen LogP contribution in [0.25, 0.3) is 0 Å². The van der Waals surface area contributed by atoms with Gasteiger partial charge < -0.3 is 19.9 Å². The van der Waals surface area contributed by atoms with Crippen LogP contribution < -0.4 is 14.8 Å². The zero-order valence-electron chi connectivity index (χ0n) is 11.2. The second kappa shape index (κ2) is 5.47. The molecule has 0 aromatic heterocycles. The number of allylic oxidation sites excluding steroid dienone is 2. The largest absolute Gasteiger partial charge is 0.481 e. The summed E-state index contributed by atoms with van der Waals surface area (Å²) in [5.74, 6) is -1.25. The first-order valence-electron chi connectivity index (χ1n) is 6.73. The summed E-state index contributed by atoms with van der Waals surface area (Å²) in [4.78, 5) is 23.5. The summed E-state index contributed by atoms with van der Waals surface area (Å²) in [6.45, 7) is 0.168. The minimum Gasteiger partial charge on any atom is -0.481 e. The van der Waals surface area contributed by atoms with Crippen LogP contribution >= 0.6 is 0 Å². The van der Waals surface area contributed by atoms with Gasteiger partial charge in [0, 0.05) is 11.8 Å². The van der Waals surface area contributed by atoms with Crippen molar-refractivity contribution in [2.45, 2.75) is 12.8 Å². The number of carbonyl (C=O) groups excluding carboxylic acids is 1. The maximum absolute atomic E-state index is 12.3. The second-order valence-corrected chi connectivity index (χ2v) is 5.05. The standard InChI is InChI=1S/C15H15NO5/c17-14(10-3-1-2-4-11(10)15(18)19)16-9-5-6-12-13(7-9)21-8-20-12/h1-2,5-7,10-11H,3-4,8H2,(H,16,17)(H,18,19)/t10-,11-/m1/s1. The van der Waals surface area contributed by atoms with Crippen molar-refractivity contribution in [3.05, 3.63) is 30.4 Å². The molecule has 0 radical (unpaired) electrons. The van der Waals surface area contributed by atoms with Gasteiger partial charge in [-0.1, -0.05) is 12.2 Å². The molecule has 0 bridgehead atoms. The number of carboxylic acid groups (broad SMARTS) is 1. The molecule has 6 heteroatoms. The Morgan fingerprint density at radius 3 is 2.57 bits per heavy atom. The van der Waals surface area contributed by atoms with Crippen LogP contribution in [-0.2, 0) is 9.59 Å². The van der Waals surface area contributed by atoms with Crippen LogP contribution in [-0.4, -0.2) is 23.8 Å². The van der Waals surface area contributed by atoms with Crippen LogP contribution in [0, 0.1) is 11.8 Å². The molecule has 0 saturated heterocycles. The van der Waals surface area contributed by atoms with Gasteiger partial charge in [-0.3, -0.25) is 9.59 Å². The highest BCUT2D eigenvalue weighted by Crippen LogP contribution is 2.35. The molecule has 0 saturated carbocycles. The highest BCUT2D eigenvalue weighted by atomic mass is 16.7. The zero-order valence-corrected chi connectivity index (χ0v) is 11.2. The van der Waals surface area contributed by atoms with E-state index in [9.17, 15) is 14.7 Å². The Labute approximate surface area is 121 Å². The van der Waals surface area contributed by atoms with Gasteiger partial charge in [0.25, 0.3) is 0 Å². The Morgan fingerprint density at radius 1 is 1.10 bits per heavy atom. The minimum absolute atomic E-state index is 0.168. The summed E-state index contributed by atoms with van der Waals surface area (Å²) in [6.07, 6.45) is 4.48.